The van der Waals surface area contributed by atoms with E-state index in [1.165, 1.54) is 12.8 Å². The molecule has 3 heterocycles. The summed E-state index contributed by atoms with van der Waals surface area (Å²) in [6.45, 7) is 0. The minimum absolute atomic E-state index is 0.205. The predicted molar refractivity (Wildman–Crippen MR) is 147 cm³/mol. The Morgan fingerprint density at radius 1 is 0.895 bits per heavy atom. The van der Waals surface area contributed by atoms with E-state index in [0.717, 1.165) is 57.1 Å². The van der Waals surface area contributed by atoms with Crippen LogP contribution in [0.5, 0.6) is 0 Å². The second-order valence-corrected chi connectivity index (χ2v) is 11.1. The summed E-state index contributed by atoms with van der Waals surface area (Å²) >= 11 is 5.97. The lowest BCUT2D eigenvalue weighted by atomic mass is 9.90. The highest BCUT2D eigenvalue weighted by atomic mass is 35.5. The van der Waals surface area contributed by atoms with Gasteiger partial charge in [0.15, 0.2) is 11.3 Å². The van der Waals surface area contributed by atoms with Crippen LogP contribution in [0.25, 0.3) is 5.65 Å². The van der Waals surface area contributed by atoms with Crippen molar-refractivity contribution in [3.8, 4) is 0 Å². The summed E-state index contributed by atoms with van der Waals surface area (Å²) in [4.78, 5) is 34.1. The van der Waals surface area contributed by atoms with Crippen molar-refractivity contribution < 1.29 is 9.59 Å². The molecule has 0 aromatic carbocycles. The Morgan fingerprint density at radius 3 is 2.34 bits per heavy atom. The fourth-order valence-corrected chi connectivity index (χ4v) is 5.70. The molecule has 0 aliphatic heterocycles. The fraction of sp³-hybridized carbons (Fsp3) is 0.519. The van der Waals surface area contributed by atoms with Crippen LogP contribution in [0.2, 0.25) is 5.15 Å². The molecule has 3 aliphatic carbocycles. The molecule has 200 valence electrons. The lowest BCUT2D eigenvalue weighted by Gasteiger charge is -2.30. The third-order valence-electron chi connectivity index (χ3n) is 7.77. The smallest absolute Gasteiger partial charge is 0.276 e. The Hall–Kier alpha value is -3.40. The summed E-state index contributed by atoms with van der Waals surface area (Å²) < 4.78 is 1.60. The van der Waals surface area contributed by atoms with Crippen molar-refractivity contribution in [2.24, 2.45) is 5.92 Å². The molecule has 0 unspecified atom stereocenters. The number of nitrogens with zero attached hydrogens (tertiary/aromatic N) is 4. The molecule has 3 fully saturated rings. The van der Waals surface area contributed by atoms with Gasteiger partial charge in [-0.05, 0) is 63.5 Å². The highest BCUT2D eigenvalue weighted by Gasteiger charge is 2.28. The Morgan fingerprint density at radius 2 is 1.61 bits per heavy atom. The van der Waals surface area contributed by atoms with Gasteiger partial charge in [-0.1, -0.05) is 24.4 Å². The van der Waals surface area contributed by atoms with E-state index in [9.17, 15) is 9.59 Å². The van der Waals surface area contributed by atoms with E-state index in [0.29, 0.717) is 34.0 Å². The van der Waals surface area contributed by atoms with Crippen LogP contribution in [0.15, 0.2) is 30.6 Å². The van der Waals surface area contributed by atoms with Crippen LogP contribution in [-0.4, -0.2) is 49.5 Å². The quantitative estimate of drug-likeness (QED) is 0.309. The van der Waals surface area contributed by atoms with E-state index in [1.54, 1.807) is 29.0 Å². The highest BCUT2D eigenvalue weighted by Crippen LogP contribution is 2.30. The zero-order valence-corrected chi connectivity index (χ0v) is 22.0. The van der Waals surface area contributed by atoms with E-state index < -0.39 is 0 Å². The van der Waals surface area contributed by atoms with Crippen molar-refractivity contribution in [1.82, 2.24) is 24.9 Å². The zero-order chi connectivity index (χ0) is 26.1. The number of carbonyl (C=O) groups is 2. The van der Waals surface area contributed by atoms with Crippen LogP contribution < -0.4 is 21.3 Å². The number of fused-ring (bicyclic) bond motifs is 1. The largest absolute Gasteiger partial charge is 0.379 e. The molecule has 0 atom stereocenters. The second-order valence-electron chi connectivity index (χ2n) is 10.7. The standard InChI is InChI=1S/C27H33ClN8O2/c28-23-13-20(11-12-29-23)34-27(38)22-15-30-25-21(31-17-5-6-17)14-24(35-36(22)25)32-18-7-9-19(10-8-18)33-26(37)16-3-1-2-4-16/h11-19,31H,1-10H2,(H,32,35)(H,33,37)(H,29,34,38)/t18-,19-. The van der Waals surface area contributed by atoms with Gasteiger partial charge in [-0.15, -0.1) is 5.10 Å². The zero-order valence-electron chi connectivity index (χ0n) is 21.3. The molecule has 0 saturated heterocycles. The van der Waals surface area contributed by atoms with Crippen molar-refractivity contribution in [1.29, 1.82) is 0 Å². The average molecular weight is 537 g/mol. The molecule has 0 bridgehead atoms. The number of nitrogens with one attached hydrogen (secondary N) is 4. The average Bonchev–Trinajstić information content (AvgIpc) is 3.36. The molecule has 0 spiro atoms. The van der Waals surface area contributed by atoms with Crippen molar-refractivity contribution in [2.75, 3.05) is 16.0 Å². The number of hydrogen-bond acceptors (Lipinski definition) is 7. The molecule has 0 radical (unpaired) electrons. The molecular formula is C27H33ClN8O2. The van der Waals surface area contributed by atoms with Crippen LogP contribution in [0.3, 0.4) is 0 Å². The third kappa shape index (κ3) is 5.70. The van der Waals surface area contributed by atoms with Crippen LogP contribution in [0.1, 0.15) is 74.7 Å². The van der Waals surface area contributed by atoms with Crippen LogP contribution in [-0.2, 0) is 4.79 Å². The number of rotatable bonds is 8. The maximum atomic E-state index is 13.1. The first kappa shape index (κ1) is 24.9. The summed E-state index contributed by atoms with van der Waals surface area (Å²) in [7, 11) is 0. The van der Waals surface area contributed by atoms with Gasteiger partial charge in [0, 0.05) is 42.0 Å². The Balaban J connectivity index is 1.16. The van der Waals surface area contributed by atoms with Gasteiger partial charge in [-0.25, -0.2) is 14.5 Å². The maximum absolute atomic E-state index is 13.1. The molecular weight excluding hydrogens is 504 g/mol. The molecule has 6 rings (SSSR count). The monoisotopic (exact) mass is 536 g/mol. The van der Waals surface area contributed by atoms with Gasteiger partial charge in [0.05, 0.1) is 11.9 Å². The topological polar surface area (TPSA) is 125 Å². The Kier molecular flexibility index (Phi) is 7.06. The number of imidazole rings is 1. The fourth-order valence-electron chi connectivity index (χ4n) is 5.52. The van der Waals surface area contributed by atoms with Gasteiger partial charge in [-0.2, -0.15) is 0 Å². The number of pyridine rings is 1. The minimum Gasteiger partial charge on any atom is -0.379 e. The lowest BCUT2D eigenvalue weighted by Crippen LogP contribution is -2.42. The molecule has 3 saturated carbocycles. The number of amides is 2. The first-order valence-electron chi connectivity index (χ1n) is 13.7. The molecule has 11 heteroatoms. The highest BCUT2D eigenvalue weighted by molar-refractivity contribution is 6.29. The summed E-state index contributed by atoms with van der Waals surface area (Å²) in [5, 5.41) is 18.3. The summed E-state index contributed by atoms with van der Waals surface area (Å²) in [5.74, 6) is 0.802. The first-order chi connectivity index (χ1) is 18.5. The second kappa shape index (κ2) is 10.8. The number of aromatic nitrogens is 4. The number of hydrogen-bond donors (Lipinski definition) is 4. The van der Waals surface area contributed by atoms with E-state index >= 15 is 0 Å². The van der Waals surface area contributed by atoms with E-state index in [1.807, 2.05) is 6.07 Å². The van der Waals surface area contributed by atoms with Gasteiger partial charge in [0.1, 0.15) is 11.0 Å². The summed E-state index contributed by atoms with van der Waals surface area (Å²) in [6, 6.07) is 6.16. The first-order valence-corrected chi connectivity index (χ1v) is 14.0. The molecule has 38 heavy (non-hydrogen) atoms. The van der Waals surface area contributed by atoms with Crippen LogP contribution >= 0.6 is 11.6 Å². The Bertz CT molecular complexity index is 1330. The summed E-state index contributed by atoms with van der Waals surface area (Å²) in [6.07, 6.45) is 13.5. The molecule has 3 aromatic rings. The SMILES string of the molecule is O=C(Nc1ccnc(Cl)c1)c1cnc2c(NC3CC3)cc(N[C@H]3CC[C@H](NC(=O)C4CCCC4)CC3)nn12. The third-order valence-corrected chi connectivity index (χ3v) is 7.98. The molecule has 4 N–H and O–H groups in total. The normalized spacial score (nSPS) is 21.8. The number of halogens is 1. The van der Waals surface area contributed by atoms with Crippen molar-refractivity contribution in [3.05, 3.63) is 41.4 Å². The van der Waals surface area contributed by atoms with Crippen molar-refractivity contribution in [2.45, 2.75) is 82.3 Å². The maximum Gasteiger partial charge on any atom is 0.276 e. The molecule has 2 amide bonds. The van der Waals surface area contributed by atoms with E-state index in [2.05, 4.69) is 31.2 Å². The molecule has 3 aliphatic rings. The van der Waals surface area contributed by atoms with Crippen LogP contribution in [0.4, 0.5) is 17.2 Å². The predicted octanol–water partition coefficient (Wildman–Crippen LogP) is 4.63. The van der Waals surface area contributed by atoms with Gasteiger partial charge in [-0.3, -0.25) is 9.59 Å². The van der Waals surface area contributed by atoms with Gasteiger partial charge in [0.2, 0.25) is 5.91 Å². The number of anilines is 3. The van der Waals surface area contributed by atoms with E-state index in [-0.39, 0.29) is 29.8 Å². The molecule has 10 nitrogen and oxygen atoms in total. The Labute approximate surface area is 226 Å². The molecule has 3 aromatic heterocycles. The van der Waals surface area contributed by atoms with Crippen molar-refractivity contribution >= 4 is 46.3 Å². The lowest BCUT2D eigenvalue weighted by molar-refractivity contribution is -0.125. The minimum atomic E-state index is -0.333. The number of carbonyl (C=O) groups excluding carboxylic acids is 2. The van der Waals surface area contributed by atoms with Gasteiger partial charge < -0.3 is 21.3 Å². The van der Waals surface area contributed by atoms with E-state index in [4.69, 9.17) is 16.7 Å². The van der Waals surface area contributed by atoms with Crippen LogP contribution in [0, 0.1) is 5.92 Å². The van der Waals surface area contributed by atoms with Gasteiger partial charge >= 0.3 is 0 Å². The van der Waals surface area contributed by atoms with Gasteiger partial charge in [0.25, 0.3) is 5.91 Å². The van der Waals surface area contributed by atoms with Crippen molar-refractivity contribution in [3.63, 3.8) is 0 Å². The summed E-state index contributed by atoms with van der Waals surface area (Å²) in [5.41, 5.74) is 2.34.